The van der Waals surface area contributed by atoms with Gasteiger partial charge in [-0.15, -0.1) is 0 Å². The molecule has 2 N–H and O–H groups in total. The van der Waals surface area contributed by atoms with Gasteiger partial charge in [0.25, 0.3) is 0 Å². The van der Waals surface area contributed by atoms with E-state index in [0.717, 1.165) is 12.3 Å². The first-order valence-electron chi connectivity index (χ1n) is 3.87. The molecule has 1 aromatic heterocycles. The molecule has 1 rings (SSSR count). The number of rotatable bonds is 2. The molecule has 7 heteroatoms. The zero-order valence-electron chi connectivity index (χ0n) is 7.30. The van der Waals surface area contributed by atoms with Crippen LogP contribution in [0.25, 0.3) is 0 Å². The molecule has 0 amide bonds. The Morgan fingerprint density at radius 1 is 1.20 bits per heavy atom. The van der Waals surface area contributed by atoms with Crippen molar-refractivity contribution in [1.29, 1.82) is 0 Å². The van der Waals surface area contributed by atoms with Crippen LogP contribution < -0.4 is 5.73 Å². The Morgan fingerprint density at radius 2 is 1.80 bits per heavy atom. The summed E-state index contributed by atoms with van der Waals surface area (Å²) in [4.78, 5) is 3.42. The second-order valence-electron chi connectivity index (χ2n) is 2.88. The Bertz CT molecular complexity index is 322. The third kappa shape index (κ3) is 2.23. The molecule has 1 atom stereocenters. The number of hydrogen-bond donors (Lipinski definition) is 1. The average Bonchev–Trinajstić information content (AvgIpc) is 2.16. The van der Waals surface area contributed by atoms with Crippen LogP contribution in [0, 0.1) is 0 Å². The molecule has 0 aliphatic carbocycles. The number of alkyl halides is 5. The number of halogens is 5. The first-order chi connectivity index (χ1) is 6.77. The van der Waals surface area contributed by atoms with Gasteiger partial charge in [0.1, 0.15) is 6.04 Å². The SMILES string of the molecule is N[C@@H](c1cccnc1)C(F)(F)C(F)(F)F. The lowest BCUT2D eigenvalue weighted by molar-refractivity contribution is -0.291. The van der Waals surface area contributed by atoms with Gasteiger partial charge in [0.2, 0.25) is 0 Å². The maximum Gasteiger partial charge on any atom is 0.455 e. The van der Waals surface area contributed by atoms with Crippen LogP contribution in [0.15, 0.2) is 24.5 Å². The number of pyridine rings is 1. The monoisotopic (exact) mass is 226 g/mol. The number of nitrogens with zero attached hydrogens (tertiary/aromatic N) is 1. The van der Waals surface area contributed by atoms with Crippen molar-refractivity contribution in [2.24, 2.45) is 5.73 Å². The summed E-state index contributed by atoms with van der Waals surface area (Å²) in [5.74, 6) is -4.96. The lowest BCUT2D eigenvalue weighted by Gasteiger charge is -2.25. The highest BCUT2D eigenvalue weighted by molar-refractivity contribution is 5.17. The molecule has 0 unspecified atom stereocenters. The predicted octanol–water partition coefficient (Wildman–Crippen LogP) is 2.28. The molecule has 0 spiro atoms. The number of nitrogens with two attached hydrogens (primary N) is 1. The van der Waals surface area contributed by atoms with Crippen molar-refractivity contribution in [3.05, 3.63) is 30.1 Å². The van der Waals surface area contributed by atoms with Crippen molar-refractivity contribution < 1.29 is 22.0 Å². The van der Waals surface area contributed by atoms with Crippen molar-refractivity contribution in [3.63, 3.8) is 0 Å². The third-order valence-corrected chi connectivity index (χ3v) is 1.81. The van der Waals surface area contributed by atoms with Gasteiger partial charge < -0.3 is 5.73 Å². The van der Waals surface area contributed by atoms with Crippen molar-refractivity contribution in [1.82, 2.24) is 4.98 Å². The maximum absolute atomic E-state index is 12.7. The molecule has 0 aromatic carbocycles. The summed E-state index contributed by atoms with van der Waals surface area (Å²) in [6.07, 6.45) is -3.53. The minimum atomic E-state index is -5.66. The van der Waals surface area contributed by atoms with Gasteiger partial charge in [-0.1, -0.05) is 6.07 Å². The van der Waals surface area contributed by atoms with E-state index in [-0.39, 0.29) is 5.56 Å². The summed E-state index contributed by atoms with van der Waals surface area (Å²) in [5, 5.41) is 0. The van der Waals surface area contributed by atoms with E-state index in [0.29, 0.717) is 0 Å². The minimum Gasteiger partial charge on any atom is -0.319 e. The molecule has 0 aliphatic rings. The van der Waals surface area contributed by atoms with Gasteiger partial charge in [0, 0.05) is 12.4 Å². The number of hydrogen-bond acceptors (Lipinski definition) is 2. The molecule has 0 fully saturated rings. The summed E-state index contributed by atoms with van der Waals surface area (Å²) in [6.45, 7) is 0. The fourth-order valence-corrected chi connectivity index (χ4v) is 0.946. The molecule has 1 aromatic rings. The van der Waals surface area contributed by atoms with E-state index in [1.165, 1.54) is 12.3 Å². The lowest BCUT2D eigenvalue weighted by atomic mass is 10.0. The van der Waals surface area contributed by atoms with Crippen LogP contribution in [-0.2, 0) is 0 Å². The van der Waals surface area contributed by atoms with E-state index in [1.54, 1.807) is 0 Å². The average molecular weight is 226 g/mol. The Labute approximate surface area is 81.9 Å². The Kier molecular flexibility index (Phi) is 2.94. The van der Waals surface area contributed by atoms with E-state index in [1.807, 2.05) is 0 Å². The molecule has 0 aliphatic heterocycles. The summed E-state index contributed by atoms with van der Waals surface area (Å²) >= 11 is 0. The Morgan fingerprint density at radius 3 is 2.20 bits per heavy atom. The van der Waals surface area contributed by atoms with Crippen molar-refractivity contribution in [2.75, 3.05) is 0 Å². The molecule has 84 valence electrons. The third-order valence-electron chi connectivity index (χ3n) is 1.81. The van der Waals surface area contributed by atoms with Crippen LogP contribution in [0.3, 0.4) is 0 Å². The molecule has 2 nitrogen and oxygen atoms in total. The zero-order chi connectivity index (χ0) is 11.7. The van der Waals surface area contributed by atoms with Crippen LogP contribution in [0.4, 0.5) is 22.0 Å². The van der Waals surface area contributed by atoms with Gasteiger partial charge in [-0.25, -0.2) is 0 Å². The van der Waals surface area contributed by atoms with E-state index in [9.17, 15) is 22.0 Å². The molecule has 1 heterocycles. The van der Waals surface area contributed by atoms with E-state index in [4.69, 9.17) is 5.73 Å². The Hall–Kier alpha value is -1.24. The molecular weight excluding hydrogens is 219 g/mol. The molecule has 15 heavy (non-hydrogen) atoms. The number of aromatic nitrogens is 1. The lowest BCUT2D eigenvalue weighted by Crippen LogP contribution is -2.45. The largest absolute Gasteiger partial charge is 0.455 e. The van der Waals surface area contributed by atoms with Crippen LogP contribution in [0.1, 0.15) is 11.6 Å². The highest BCUT2D eigenvalue weighted by Gasteiger charge is 2.61. The van der Waals surface area contributed by atoms with Gasteiger partial charge in [0.05, 0.1) is 0 Å². The second kappa shape index (κ2) is 3.73. The van der Waals surface area contributed by atoms with E-state index in [2.05, 4.69) is 4.98 Å². The molecule has 0 bridgehead atoms. The van der Waals surface area contributed by atoms with Gasteiger partial charge in [-0.2, -0.15) is 22.0 Å². The molecule has 0 radical (unpaired) electrons. The normalized spacial score (nSPS) is 15.1. The van der Waals surface area contributed by atoms with Gasteiger partial charge >= 0.3 is 12.1 Å². The summed E-state index contributed by atoms with van der Waals surface area (Å²) in [7, 11) is 0. The first kappa shape index (κ1) is 11.8. The second-order valence-corrected chi connectivity index (χ2v) is 2.88. The zero-order valence-corrected chi connectivity index (χ0v) is 7.30. The van der Waals surface area contributed by atoms with E-state index >= 15 is 0 Å². The van der Waals surface area contributed by atoms with Gasteiger partial charge in [-0.05, 0) is 11.6 Å². The van der Waals surface area contributed by atoms with Crippen LogP contribution in [0.2, 0.25) is 0 Å². The van der Waals surface area contributed by atoms with Gasteiger partial charge in [-0.3, -0.25) is 4.98 Å². The smallest absolute Gasteiger partial charge is 0.319 e. The fraction of sp³-hybridized carbons (Fsp3) is 0.375. The Balaban J connectivity index is 3.00. The summed E-state index contributed by atoms with van der Waals surface area (Å²) < 4.78 is 61.2. The van der Waals surface area contributed by atoms with Crippen molar-refractivity contribution in [2.45, 2.75) is 18.1 Å². The highest BCUT2D eigenvalue weighted by Crippen LogP contribution is 2.42. The topological polar surface area (TPSA) is 38.9 Å². The van der Waals surface area contributed by atoms with Crippen molar-refractivity contribution in [3.8, 4) is 0 Å². The molecular formula is C8H7F5N2. The predicted molar refractivity (Wildman–Crippen MR) is 42.2 cm³/mol. The van der Waals surface area contributed by atoms with Crippen LogP contribution >= 0.6 is 0 Å². The van der Waals surface area contributed by atoms with E-state index < -0.39 is 18.1 Å². The summed E-state index contributed by atoms with van der Waals surface area (Å²) in [6, 6.07) is -0.134. The van der Waals surface area contributed by atoms with Crippen LogP contribution in [-0.4, -0.2) is 17.1 Å². The first-order valence-corrected chi connectivity index (χ1v) is 3.87. The van der Waals surface area contributed by atoms with Gasteiger partial charge in [0.15, 0.2) is 0 Å². The quantitative estimate of drug-likeness (QED) is 0.785. The highest BCUT2D eigenvalue weighted by atomic mass is 19.4. The van der Waals surface area contributed by atoms with Crippen LogP contribution in [0.5, 0.6) is 0 Å². The molecule has 0 saturated heterocycles. The maximum atomic E-state index is 12.7. The molecule has 0 saturated carbocycles. The fourth-order valence-electron chi connectivity index (χ4n) is 0.946. The minimum absolute atomic E-state index is 0.361. The summed E-state index contributed by atoms with van der Waals surface area (Å²) in [5.41, 5.74) is 4.49. The van der Waals surface area contributed by atoms with Crippen molar-refractivity contribution >= 4 is 0 Å². The standard InChI is InChI=1S/C8H7F5N2/c9-7(10,8(11,12)13)6(14)5-2-1-3-15-4-5/h1-4,6H,14H2/t6-/m0/s1.